The van der Waals surface area contributed by atoms with Crippen LogP contribution in [-0.4, -0.2) is 34.7 Å². The molecule has 1 saturated heterocycles. The number of hydrogen-bond donors (Lipinski definition) is 1. The lowest BCUT2D eigenvalue weighted by atomic mass is 10.1. The molecule has 2 N–H and O–H groups in total. The van der Waals surface area contributed by atoms with Gasteiger partial charge in [-0.2, -0.15) is 0 Å². The van der Waals surface area contributed by atoms with Gasteiger partial charge in [0, 0.05) is 19.2 Å². The second kappa shape index (κ2) is 4.81. The summed E-state index contributed by atoms with van der Waals surface area (Å²) >= 11 is 0. The second-order valence-corrected chi connectivity index (χ2v) is 4.54. The Balaban J connectivity index is 2.27. The average molecular weight is 248 g/mol. The first-order chi connectivity index (χ1) is 8.52. The minimum atomic E-state index is -0.0772. The van der Waals surface area contributed by atoms with Crippen molar-refractivity contribution in [1.82, 2.24) is 9.97 Å². The van der Waals surface area contributed by atoms with Gasteiger partial charge in [0.1, 0.15) is 0 Å². The third-order valence-electron chi connectivity index (χ3n) is 3.13. The zero-order valence-electron chi connectivity index (χ0n) is 10.5. The fourth-order valence-electron chi connectivity index (χ4n) is 2.06. The molecule has 6 heteroatoms. The smallest absolute Gasteiger partial charge is 0.232 e. The quantitative estimate of drug-likeness (QED) is 0.777. The number of ketones is 1. The zero-order valence-corrected chi connectivity index (χ0v) is 10.5. The van der Waals surface area contributed by atoms with Gasteiger partial charge in [0.15, 0.2) is 5.78 Å². The Hall–Kier alpha value is -1.82. The SMILES string of the molecule is CC(=O)c1cnc(N2CC(CN)CC2=O)nc1C. The summed E-state index contributed by atoms with van der Waals surface area (Å²) in [6.07, 6.45) is 1.91. The monoisotopic (exact) mass is 248 g/mol. The number of nitrogens with zero attached hydrogens (tertiary/aromatic N) is 3. The van der Waals surface area contributed by atoms with Gasteiger partial charge in [-0.1, -0.05) is 0 Å². The van der Waals surface area contributed by atoms with E-state index in [1.54, 1.807) is 6.92 Å². The van der Waals surface area contributed by atoms with Gasteiger partial charge in [-0.15, -0.1) is 0 Å². The number of nitrogens with two attached hydrogens (primary N) is 1. The molecule has 18 heavy (non-hydrogen) atoms. The Bertz CT molecular complexity index is 501. The minimum absolute atomic E-state index is 0.0135. The lowest BCUT2D eigenvalue weighted by Crippen LogP contribution is -2.28. The van der Waals surface area contributed by atoms with Crippen LogP contribution in [0, 0.1) is 12.8 Å². The number of carbonyl (C=O) groups is 2. The van der Waals surface area contributed by atoms with Gasteiger partial charge in [-0.3, -0.25) is 14.5 Å². The van der Waals surface area contributed by atoms with E-state index in [0.29, 0.717) is 36.7 Å². The van der Waals surface area contributed by atoms with E-state index >= 15 is 0 Å². The van der Waals surface area contributed by atoms with Gasteiger partial charge >= 0.3 is 0 Å². The molecule has 0 spiro atoms. The van der Waals surface area contributed by atoms with Crippen LogP contribution in [0.3, 0.4) is 0 Å². The van der Waals surface area contributed by atoms with Gasteiger partial charge in [-0.05, 0) is 26.3 Å². The molecule has 0 radical (unpaired) electrons. The van der Waals surface area contributed by atoms with Crippen LogP contribution in [0.4, 0.5) is 5.95 Å². The van der Waals surface area contributed by atoms with Crippen LogP contribution in [0.1, 0.15) is 29.4 Å². The van der Waals surface area contributed by atoms with Gasteiger partial charge in [0.05, 0.1) is 11.3 Å². The summed E-state index contributed by atoms with van der Waals surface area (Å²) in [6, 6.07) is 0. The first-order valence-corrected chi connectivity index (χ1v) is 5.88. The molecule has 0 aliphatic carbocycles. The second-order valence-electron chi connectivity index (χ2n) is 4.54. The number of amides is 1. The number of carbonyl (C=O) groups excluding carboxylic acids is 2. The van der Waals surface area contributed by atoms with Crippen LogP contribution < -0.4 is 10.6 Å². The van der Waals surface area contributed by atoms with Crippen molar-refractivity contribution in [2.24, 2.45) is 11.7 Å². The van der Waals surface area contributed by atoms with Crippen molar-refractivity contribution in [2.45, 2.75) is 20.3 Å². The third kappa shape index (κ3) is 2.24. The highest BCUT2D eigenvalue weighted by molar-refractivity contribution is 5.96. The molecule has 1 aromatic rings. The summed E-state index contributed by atoms with van der Waals surface area (Å²) in [5.41, 5.74) is 6.65. The molecule has 1 aromatic heterocycles. The van der Waals surface area contributed by atoms with Crippen LogP contribution in [-0.2, 0) is 4.79 Å². The summed E-state index contributed by atoms with van der Waals surface area (Å²) in [4.78, 5) is 32.9. The molecule has 0 saturated carbocycles. The fourth-order valence-corrected chi connectivity index (χ4v) is 2.06. The van der Waals surface area contributed by atoms with E-state index in [9.17, 15) is 9.59 Å². The predicted octanol–water partition coefficient (Wildman–Crippen LogP) is 0.299. The van der Waals surface area contributed by atoms with E-state index in [1.807, 2.05) is 0 Å². The molecule has 1 aliphatic rings. The molecule has 0 bridgehead atoms. The van der Waals surface area contributed by atoms with E-state index in [4.69, 9.17) is 5.73 Å². The van der Waals surface area contributed by atoms with Crippen molar-refractivity contribution in [2.75, 3.05) is 18.0 Å². The highest BCUT2D eigenvalue weighted by Crippen LogP contribution is 2.22. The van der Waals surface area contributed by atoms with Crippen LogP contribution >= 0.6 is 0 Å². The van der Waals surface area contributed by atoms with Gasteiger partial charge < -0.3 is 5.73 Å². The maximum absolute atomic E-state index is 11.8. The first kappa shape index (κ1) is 12.6. The maximum Gasteiger partial charge on any atom is 0.232 e. The summed E-state index contributed by atoms with van der Waals surface area (Å²) in [5.74, 6) is 0.430. The minimum Gasteiger partial charge on any atom is -0.330 e. The fraction of sp³-hybridized carbons (Fsp3) is 0.500. The normalized spacial score (nSPS) is 19.4. The molecule has 1 amide bonds. The Kier molecular flexibility index (Phi) is 3.38. The number of aryl methyl sites for hydroxylation is 1. The Labute approximate surface area is 105 Å². The summed E-state index contributed by atoms with van der Waals surface area (Å²) in [6.45, 7) is 4.24. The largest absolute Gasteiger partial charge is 0.330 e. The van der Waals surface area contributed by atoms with E-state index in [-0.39, 0.29) is 17.6 Å². The van der Waals surface area contributed by atoms with Crippen molar-refractivity contribution in [3.05, 3.63) is 17.5 Å². The predicted molar refractivity (Wildman–Crippen MR) is 66.3 cm³/mol. The molecule has 2 rings (SSSR count). The van der Waals surface area contributed by atoms with Crippen LogP contribution in [0.2, 0.25) is 0 Å². The first-order valence-electron chi connectivity index (χ1n) is 5.88. The van der Waals surface area contributed by atoms with Gasteiger partial charge in [0.25, 0.3) is 0 Å². The molecular weight excluding hydrogens is 232 g/mol. The van der Waals surface area contributed by atoms with Crippen LogP contribution in [0.15, 0.2) is 6.20 Å². The zero-order chi connectivity index (χ0) is 13.3. The van der Waals surface area contributed by atoms with Crippen molar-refractivity contribution in [3.63, 3.8) is 0 Å². The van der Waals surface area contributed by atoms with E-state index in [1.165, 1.54) is 18.0 Å². The summed E-state index contributed by atoms with van der Waals surface area (Å²) < 4.78 is 0. The number of anilines is 1. The van der Waals surface area contributed by atoms with Crippen molar-refractivity contribution < 1.29 is 9.59 Å². The Morgan fingerprint density at radius 1 is 1.61 bits per heavy atom. The summed E-state index contributed by atoms with van der Waals surface area (Å²) in [5, 5.41) is 0. The number of hydrogen-bond acceptors (Lipinski definition) is 5. The van der Waals surface area contributed by atoms with Crippen molar-refractivity contribution in [1.29, 1.82) is 0 Å². The van der Waals surface area contributed by atoms with Crippen LogP contribution in [0.25, 0.3) is 0 Å². The number of aromatic nitrogens is 2. The lowest BCUT2D eigenvalue weighted by molar-refractivity contribution is -0.117. The molecule has 1 fully saturated rings. The molecule has 96 valence electrons. The standard InChI is InChI=1S/C12H16N4O2/c1-7-10(8(2)17)5-14-12(15-7)16-6-9(4-13)3-11(16)18/h5,9H,3-4,6,13H2,1-2H3. The van der Waals surface area contributed by atoms with E-state index in [0.717, 1.165) is 0 Å². The topological polar surface area (TPSA) is 89.2 Å². The third-order valence-corrected chi connectivity index (χ3v) is 3.13. The van der Waals surface area contributed by atoms with Crippen LogP contribution in [0.5, 0.6) is 0 Å². The molecule has 1 atom stereocenters. The maximum atomic E-state index is 11.8. The van der Waals surface area contributed by atoms with E-state index in [2.05, 4.69) is 9.97 Å². The molecule has 2 heterocycles. The summed E-state index contributed by atoms with van der Waals surface area (Å²) in [7, 11) is 0. The van der Waals surface area contributed by atoms with Gasteiger partial charge in [-0.25, -0.2) is 9.97 Å². The number of Topliss-reactive ketones (excluding diaryl/α,β-unsaturated/α-hetero) is 1. The highest BCUT2D eigenvalue weighted by Gasteiger charge is 2.31. The molecular formula is C12H16N4O2. The Morgan fingerprint density at radius 3 is 2.83 bits per heavy atom. The van der Waals surface area contributed by atoms with Crippen molar-refractivity contribution >= 4 is 17.6 Å². The van der Waals surface area contributed by atoms with E-state index < -0.39 is 0 Å². The van der Waals surface area contributed by atoms with Gasteiger partial charge in [0.2, 0.25) is 11.9 Å². The molecule has 1 aliphatic heterocycles. The molecule has 1 unspecified atom stereocenters. The lowest BCUT2D eigenvalue weighted by Gasteiger charge is -2.15. The average Bonchev–Trinajstić information content (AvgIpc) is 2.70. The Morgan fingerprint density at radius 2 is 2.33 bits per heavy atom. The highest BCUT2D eigenvalue weighted by atomic mass is 16.2. The number of rotatable bonds is 3. The molecule has 0 aromatic carbocycles. The van der Waals surface area contributed by atoms with Crippen molar-refractivity contribution in [3.8, 4) is 0 Å². The molecule has 6 nitrogen and oxygen atoms in total.